The van der Waals surface area contributed by atoms with Crippen molar-refractivity contribution < 1.29 is 23.1 Å². The molecule has 3 aromatic rings. The van der Waals surface area contributed by atoms with Crippen molar-refractivity contribution in [3.05, 3.63) is 89.0 Å². The number of nitrogens with two attached hydrogens (primary N) is 1. The summed E-state index contributed by atoms with van der Waals surface area (Å²) in [6.45, 7) is 8.74. The topological polar surface area (TPSA) is 102 Å². The van der Waals surface area contributed by atoms with Gasteiger partial charge in [0, 0.05) is 56.2 Å². The van der Waals surface area contributed by atoms with Gasteiger partial charge in [-0.15, -0.1) is 0 Å². The Hall–Kier alpha value is -3.63. The molecule has 1 aromatic heterocycles. The Morgan fingerprint density at radius 2 is 1.73 bits per heavy atom. The number of aryl methyl sites for hydroxylation is 2. The minimum atomic E-state index is -0.793. The molecule has 2 atom stereocenters. The summed E-state index contributed by atoms with van der Waals surface area (Å²) in [5.41, 5.74) is 8.24. The van der Waals surface area contributed by atoms with Gasteiger partial charge in [0.15, 0.2) is 0 Å². The fraction of sp³-hybridized carbons (Fsp3) is 0.452. The van der Waals surface area contributed by atoms with Gasteiger partial charge in [0.25, 0.3) is 5.91 Å². The van der Waals surface area contributed by atoms with Crippen LogP contribution in [0.25, 0.3) is 0 Å². The molecule has 3 rings (SSSR count). The number of nitrogens with zero attached hydrogens (tertiary/aromatic N) is 3. The van der Waals surface area contributed by atoms with Crippen molar-refractivity contribution in [2.75, 3.05) is 26.2 Å². The number of halogens is 2. The van der Waals surface area contributed by atoms with Crippen LogP contribution < -0.4 is 11.1 Å². The van der Waals surface area contributed by atoms with Gasteiger partial charge in [-0.3, -0.25) is 4.79 Å². The summed E-state index contributed by atoms with van der Waals surface area (Å²) in [4.78, 5) is 32.4. The maximum absolute atomic E-state index is 13.8. The molecular formula is C31H41F2N5O3. The van der Waals surface area contributed by atoms with Crippen LogP contribution in [0, 0.1) is 18.6 Å². The third-order valence-corrected chi connectivity index (χ3v) is 6.64. The van der Waals surface area contributed by atoms with E-state index in [0.29, 0.717) is 30.8 Å². The zero-order valence-electron chi connectivity index (χ0n) is 24.1. The summed E-state index contributed by atoms with van der Waals surface area (Å²) in [5.74, 6) is -2.15. The summed E-state index contributed by atoms with van der Waals surface area (Å²) in [5, 5.41) is 3.28. The first-order chi connectivity index (χ1) is 19.7. The number of carbonyl (C=O) groups excluding carboxylic acids is 2. The average Bonchev–Trinajstić information content (AvgIpc) is 3.44. The number of carbonyl (C=O) groups is 2. The number of imidazole rings is 1. The van der Waals surface area contributed by atoms with E-state index in [9.17, 15) is 18.4 Å². The van der Waals surface area contributed by atoms with Crippen molar-refractivity contribution in [2.24, 2.45) is 5.73 Å². The van der Waals surface area contributed by atoms with Crippen molar-refractivity contribution in [1.29, 1.82) is 0 Å². The van der Waals surface area contributed by atoms with Gasteiger partial charge in [0.05, 0.1) is 11.9 Å². The Bertz CT molecular complexity index is 1240. The monoisotopic (exact) mass is 569 g/mol. The van der Waals surface area contributed by atoms with Crippen LogP contribution in [0.15, 0.2) is 55.1 Å². The third kappa shape index (κ3) is 10.1. The molecule has 0 radical (unpaired) electrons. The van der Waals surface area contributed by atoms with Crippen molar-refractivity contribution in [1.82, 2.24) is 19.8 Å². The highest BCUT2D eigenvalue weighted by Gasteiger charge is 2.25. The molecule has 0 spiro atoms. The number of ether oxygens (including phenoxy) is 1. The lowest BCUT2D eigenvalue weighted by Crippen LogP contribution is -2.46. The van der Waals surface area contributed by atoms with E-state index >= 15 is 0 Å². The zero-order chi connectivity index (χ0) is 29.8. The number of amides is 1. The molecule has 0 bridgehead atoms. The second-order valence-electron chi connectivity index (χ2n) is 10.3. The predicted molar refractivity (Wildman–Crippen MR) is 155 cm³/mol. The van der Waals surface area contributed by atoms with Crippen LogP contribution in [0.4, 0.5) is 8.78 Å². The summed E-state index contributed by atoms with van der Waals surface area (Å²) in [6.07, 6.45) is 7.10. The molecule has 1 heterocycles. The largest absolute Gasteiger partial charge is 0.456 e. The average molecular weight is 570 g/mol. The Balaban J connectivity index is 1.74. The number of hydrogen-bond donors (Lipinski definition) is 2. The molecule has 0 fully saturated rings. The molecule has 0 aliphatic rings. The second kappa shape index (κ2) is 16.0. The fourth-order valence-electron chi connectivity index (χ4n) is 4.73. The van der Waals surface area contributed by atoms with E-state index in [4.69, 9.17) is 10.5 Å². The lowest BCUT2D eigenvalue weighted by molar-refractivity contribution is 0.0239. The molecule has 0 saturated carbocycles. The molecule has 8 nitrogen and oxygen atoms in total. The molecule has 10 heteroatoms. The highest BCUT2D eigenvalue weighted by molar-refractivity contribution is 5.98. The van der Waals surface area contributed by atoms with E-state index in [-0.39, 0.29) is 24.4 Å². The van der Waals surface area contributed by atoms with Gasteiger partial charge in [0.1, 0.15) is 17.7 Å². The van der Waals surface area contributed by atoms with E-state index in [0.717, 1.165) is 37.4 Å². The normalized spacial score (nSPS) is 12.6. The first-order valence-corrected chi connectivity index (χ1v) is 14.2. The lowest BCUT2D eigenvalue weighted by atomic mass is 10.0. The molecule has 1 amide bonds. The number of hydrogen-bond acceptors (Lipinski definition) is 6. The number of benzene rings is 2. The Kier molecular flexibility index (Phi) is 12.4. The SMILES string of the molecule is CCCN(CCC)C(=O)c1cc(C)cc(C(=O)O[C@H](CNCCCn2ccnc2)[C@@H](N)Cc2cc(F)cc(F)c2)c1. The second-order valence-corrected chi connectivity index (χ2v) is 10.3. The minimum absolute atomic E-state index is 0.101. The summed E-state index contributed by atoms with van der Waals surface area (Å²) < 4.78 is 35.4. The maximum atomic E-state index is 13.8. The van der Waals surface area contributed by atoms with Crippen molar-refractivity contribution in [3.63, 3.8) is 0 Å². The van der Waals surface area contributed by atoms with Crippen molar-refractivity contribution in [3.8, 4) is 0 Å². The van der Waals surface area contributed by atoms with Crippen molar-refractivity contribution in [2.45, 2.75) is 65.1 Å². The van der Waals surface area contributed by atoms with Gasteiger partial charge in [-0.2, -0.15) is 0 Å². The van der Waals surface area contributed by atoms with E-state index in [1.165, 1.54) is 12.1 Å². The van der Waals surface area contributed by atoms with Crippen molar-refractivity contribution >= 4 is 11.9 Å². The van der Waals surface area contributed by atoms with E-state index in [1.54, 1.807) is 35.6 Å². The van der Waals surface area contributed by atoms with E-state index in [1.807, 2.05) is 31.5 Å². The molecule has 0 unspecified atom stereocenters. The van der Waals surface area contributed by atoms with Crippen LogP contribution >= 0.6 is 0 Å². The van der Waals surface area contributed by atoms with Gasteiger partial charge >= 0.3 is 5.97 Å². The predicted octanol–water partition coefficient (Wildman–Crippen LogP) is 4.51. The highest BCUT2D eigenvalue weighted by Crippen LogP contribution is 2.17. The van der Waals surface area contributed by atoms with E-state index in [2.05, 4.69) is 10.3 Å². The van der Waals surface area contributed by atoms with Gasteiger partial charge in [-0.05, 0) is 80.6 Å². The zero-order valence-corrected chi connectivity index (χ0v) is 24.1. The number of aromatic nitrogens is 2. The number of rotatable bonds is 16. The van der Waals surface area contributed by atoms with Gasteiger partial charge in [0.2, 0.25) is 0 Å². The van der Waals surface area contributed by atoms with E-state index < -0.39 is 29.7 Å². The van der Waals surface area contributed by atoms with Gasteiger partial charge in [-0.1, -0.05) is 13.8 Å². The minimum Gasteiger partial charge on any atom is -0.456 e. The summed E-state index contributed by atoms with van der Waals surface area (Å²) in [7, 11) is 0. The molecule has 3 N–H and O–H groups in total. The highest BCUT2D eigenvalue weighted by atomic mass is 19.1. The molecule has 41 heavy (non-hydrogen) atoms. The third-order valence-electron chi connectivity index (χ3n) is 6.64. The van der Waals surface area contributed by atoms with Crippen LogP contribution in [0.5, 0.6) is 0 Å². The smallest absolute Gasteiger partial charge is 0.338 e. The maximum Gasteiger partial charge on any atom is 0.338 e. The van der Waals surface area contributed by atoms with Crippen LogP contribution in [-0.2, 0) is 17.7 Å². The Labute approximate surface area is 240 Å². The summed E-state index contributed by atoms with van der Waals surface area (Å²) >= 11 is 0. The Morgan fingerprint density at radius 3 is 2.37 bits per heavy atom. The Morgan fingerprint density at radius 1 is 1.05 bits per heavy atom. The molecule has 222 valence electrons. The number of nitrogens with one attached hydrogen (secondary N) is 1. The molecule has 0 aliphatic carbocycles. The molecule has 2 aromatic carbocycles. The standard InChI is InChI=1S/C31H41F2N5O3/c1-4-9-38(10-5-2)30(39)24-13-22(3)14-25(18-24)31(40)41-29(20-35-7-6-11-37-12-8-36-21-37)28(34)17-23-15-26(32)19-27(33)16-23/h8,12-16,18-19,21,28-29,35H,4-7,9-11,17,20,34H2,1-3H3/t28-,29+/m0/s1. The first kappa shape index (κ1) is 31.9. The lowest BCUT2D eigenvalue weighted by Gasteiger charge is -2.25. The molecule has 0 saturated heterocycles. The van der Waals surface area contributed by atoms with Gasteiger partial charge in [-0.25, -0.2) is 18.6 Å². The molecular weight excluding hydrogens is 528 g/mol. The quantitative estimate of drug-likeness (QED) is 0.195. The van der Waals surface area contributed by atoms with Crippen LogP contribution in [-0.4, -0.2) is 64.7 Å². The number of esters is 1. The van der Waals surface area contributed by atoms with Crippen LogP contribution in [0.3, 0.4) is 0 Å². The summed E-state index contributed by atoms with van der Waals surface area (Å²) in [6, 6.07) is 7.49. The van der Waals surface area contributed by atoms with Gasteiger partial charge < -0.3 is 25.3 Å². The first-order valence-electron chi connectivity index (χ1n) is 14.2. The van der Waals surface area contributed by atoms with Crippen LogP contribution in [0.2, 0.25) is 0 Å². The van der Waals surface area contributed by atoms with Crippen LogP contribution in [0.1, 0.15) is 65.0 Å². The molecule has 0 aliphatic heterocycles. The fourth-order valence-corrected chi connectivity index (χ4v) is 4.73.